The van der Waals surface area contributed by atoms with Crippen molar-refractivity contribution in [3.63, 3.8) is 0 Å². The second-order valence-corrected chi connectivity index (χ2v) is 1.59. The first-order valence-electron chi connectivity index (χ1n) is 2.53. The summed E-state index contributed by atoms with van der Waals surface area (Å²) in [6.07, 6.45) is 1.43. The van der Waals surface area contributed by atoms with E-state index in [-0.39, 0.29) is 43.3 Å². The van der Waals surface area contributed by atoms with E-state index in [1.165, 1.54) is 12.3 Å². The maximum absolute atomic E-state index is 10.1. The molecular weight excluding hydrogens is 131 g/mol. The Bertz CT molecular complexity index is 185. The van der Waals surface area contributed by atoms with Crippen molar-refractivity contribution in [2.24, 2.45) is 0 Å². The SMILES string of the molecule is [Li+].[Li+].[O-]B([O-])c1ccccn1. The van der Waals surface area contributed by atoms with Crippen LogP contribution in [0.5, 0.6) is 0 Å². The van der Waals surface area contributed by atoms with Crippen LogP contribution in [0, 0.1) is 0 Å². The average Bonchev–Trinajstić information content (AvgIpc) is 1.90. The minimum atomic E-state index is -1.95. The Kier molecular flexibility index (Phi) is 8.84. The summed E-state index contributed by atoms with van der Waals surface area (Å²) >= 11 is 0. The van der Waals surface area contributed by atoms with Gasteiger partial charge >= 0.3 is 37.7 Å². The minimum absolute atomic E-state index is 0. The van der Waals surface area contributed by atoms with Crippen molar-refractivity contribution in [1.29, 1.82) is 0 Å². The molecule has 1 rings (SSSR count). The number of nitrogens with zero attached hydrogens (tertiary/aromatic N) is 1. The first-order chi connectivity index (χ1) is 4.30. The van der Waals surface area contributed by atoms with E-state index in [1.807, 2.05) is 0 Å². The van der Waals surface area contributed by atoms with Crippen molar-refractivity contribution >= 4 is 12.7 Å². The van der Waals surface area contributed by atoms with Crippen molar-refractivity contribution in [3.05, 3.63) is 24.4 Å². The number of hydrogen-bond donors (Lipinski definition) is 0. The van der Waals surface area contributed by atoms with Gasteiger partial charge in [-0.15, -0.1) is 0 Å². The van der Waals surface area contributed by atoms with Gasteiger partial charge in [-0.25, -0.2) is 0 Å². The van der Waals surface area contributed by atoms with E-state index in [0.29, 0.717) is 0 Å². The fourth-order valence-electron chi connectivity index (χ4n) is 0.515. The number of aromatic nitrogens is 1. The predicted molar refractivity (Wildman–Crippen MR) is 29.6 cm³/mol. The monoisotopic (exact) mass is 135 g/mol. The summed E-state index contributed by atoms with van der Waals surface area (Å²) in [6, 6.07) is 4.70. The largest absolute Gasteiger partial charge is 1.00 e. The van der Waals surface area contributed by atoms with E-state index >= 15 is 0 Å². The van der Waals surface area contributed by atoms with Gasteiger partial charge in [0, 0.05) is 6.20 Å². The molecule has 46 valence electrons. The quantitative estimate of drug-likeness (QED) is 0.359. The average molecular weight is 135 g/mol. The molecule has 6 heteroatoms. The molecule has 1 aromatic heterocycles. The van der Waals surface area contributed by atoms with Gasteiger partial charge in [-0.1, -0.05) is 12.1 Å². The van der Waals surface area contributed by atoms with Crippen LogP contribution in [0.2, 0.25) is 0 Å². The van der Waals surface area contributed by atoms with Gasteiger partial charge in [0.15, 0.2) is 0 Å². The minimum Gasteiger partial charge on any atom is -0.888 e. The standard InChI is InChI=1S/C5H4BNO2.2Li/c8-6(9)5-3-1-2-4-7-5;;/h1-4H;;/q-2;2*+1. The molecule has 0 radical (unpaired) electrons. The smallest absolute Gasteiger partial charge is 0.888 e. The van der Waals surface area contributed by atoms with Gasteiger partial charge in [0.05, 0.1) is 0 Å². The third-order valence-electron chi connectivity index (χ3n) is 0.929. The molecule has 0 atom stereocenters. The van der Waals surface area contributed by atoms with E-state index in [1.54, 1.807) is 12.1 Å². The molecular formula is C5H4BLi2NO2. The topological polar surface area (TPSA) is 59.0 Å². The Morgan fingerprint density at radius 2 is 1.82 bits per heavy atom. The van der Waals surface area contributed by atoms with Gasteiger partial charge in [-0.3, -0.25) is 4.98 Å². The summed E-state index contributed by atoms with van der Waals surface area (Å²) in [7, 11) is -1.95. The molecule has 0 amide bonds. The molecule has 0 aromatic carbocycles. The van der Waals surface area contributed by atoms with E-state index in [4.69, 9.17) is 0 Å². The van der Waals surface area contributed by atoms with E-state index in [9.17, 15) is 10.0 Å². The van der Waals surface area contributed by atoms with Gasteiger partial charge in [0.25, 0.3) is 0 Å². The van der Waals surface area contributed by atoms with Crippen LogP contribution in [-0.4, -0.2) is 12.1 Å². The fraction of sp³-hybridized carbons (Fsp3) is 0. The molecule has 0 saturated carbocycles. The van der Waals surface area contributed by atoms with Crippen molar-refractivity contribution < 1.29 is 47.8 Å². The van der Waals surface area contributed by atoms with Crippen molar-refractivity contribution in [2.45, 2.75) is 0 Å². The second-order valence-electron chi connectivity index (χ2n) is 1.59. The van der Waals surface area contributed by atoms with E-state index in [0.717, 1.165) is 0 Å². The van der Waals surface area contributed by atoms with Crippen molar-refractivity contribution in [3.8, 4) is 0 Å². The molecule has 1 aromatic rings. The van der Waals surface area contributed by atoms with E-state index in [2.05, 4.69) is 4.98 Å². The Morgan fingerprint density at radius 3 is 2.09 bits per heavy atom. The predicted octanol–water partition coefficient (Wildman–Crippen LogP) is -8.49. The van der Waals surface area contributed by atoms with Crippen LogP contribution >= 0.6 is 0 Å². The molecule has 0 N–H and O–H groups in total. The molecule has 11 heavy (non-hydrogen) atoms. The molecule has 0 unspecified atom stereocenters. The first-order valence-corrected chi connectivity index (χ1v) is 2.53. The molecule has 0 aliphatic carbocycles. The molecule has 0 aliphatic rings. The Labute approximate surface area is 89.7 Å². The number of rotatable bonds is 1. The van der Waals surface area contributed by atoms with Crippen LogP contribution in [0.15, 0.2) is 24.4 Å². The second kappa shape index (κ2) is 7.00. The van der Waals surface area contributed by atoms with Gasteiger partial charge in [0.2, 0.25) is 0 Å². The van der Waals surface area contributed by atoms with Gasteiger partial charge in [0.1, 0.15) is 0 Å². The fourth-order valence-corrected chi connectivity index (χ4v) is 0.515. The molecule has 0 spiro atoms. The Hall–Kier alpha value is 0.330. The summed E-state index contributed by atoms with van der Waals surface area (Å²) in [5.41, 5.74) is 0.0532. The number of pyridine rings is 1. The van der Waals surface area contributed by atoms with Gasteiger partial charge < -0.3 is 10.0 Å². The maximum atomic E-state index is 10.1. The summed E-state index contributed by atoms with van der Waals surface area (Å²) in [5.74, 6) is 0. The molecule has 0 aliphatic heterocycles. The van der Waals surface area contributed by atoms with Gasteiger partial charge in [-0.2, -0.15) is 0 Å². The zero-order valence-electron chi connectivity index (χ0n) is 6.65. The Morgan fingerprint density at radius 1 is 1.18 bits per heavy atom. The van der Waals surface area contributed by atoms with Crippen LogP contribution in [-0.2, 0) is 0 Å². The molecule has 0 saturated heterocycles. The normalized spacial score (nSPS) is 7.45. The molecule has 0 bridgehead atoms. The Balaban J connectivity index is 0. The molecule has 1 heterocycles. The van der Waals surface area contributed by atoms with Crippen LogP contribution in [0.3, 0.4) is 0 Å². The maximum Gasteiger partial charge on any atom is 1.00 e. The van der Waals surface area contributed by atoms with Crippen LogP contribution in [0.4, 0.5) is 0 Å². The van der Waals surface area contributed by atoms with Crippen molar-refractivity contribution in [2.75, 3.05) is 0 Å². The van der Waals surface area contributed by atoms with Crippen LogP contribution in [0.25, 0.3) is 0 Å². The van der Waals surface area contributed by atoms with Crippen LogP contribution < -0.4 is 53.4 Å². The van der Waals surface area contributed by atoms with Gasteiger partial charge in [-0.05, 0) is 18.8 Å². The zero-order chi connectivity index (χ0) is 6.69. The van der Waals surface area contributed by atoms with E-state index < -0.39 is 7.12 Å². The van der Waals surface area contributed by atoms with Crippen molar-refractivity contribution in [1.82, 2.24) is 4.98 Å². The summed E-state index contributed by atoms with van der Waals surface area (Å²) in [4.78, 5) is 3.55. The summed E-state index contributed by atoms with van der Waals surface area (Å²) < 4.78 is 0. The summed E-state index contributed by atoms with van der Waals surface area (Å²) in [6.45, 7) is 0. The summed E-state index contributed by atoms with van der Waals surface area (Å²) in [5, 5.41) is 20.2. The third-order valence-corrected chi connectivity index (χ3v) is 0.929. The third kappa shape index (κ3) is 4.71. The molecule has 3 nitrogen and oxygen atoms in total. The van der Waals surface area contributed by atoms with Crippen LogP contribution in [0.1, 0.15) is 0 Å². The zero-order valence-corrected chi connectivity index (χ0v) is 6.65. The first kappa shape index (κ1) is 13.9. The number of hydrogen-bond acceptors (Lipinski definition) is 3. The molecule has 0 fully saturated rings.